The second-order valence-electron chi connectivity index (χ2n) is 5.74. The summed E-state index contributed by atoms with van der Waals surface area (Å²) in [5.41, 5.74) is 1.11. The molecule has 0 saturated heterocycles. The normalized spacial score (nSPS) is 11.0. The third-order valence-corrected chi connectivity index (χ3v) is 5.50. The van der Waals surface area contributed by atoms with Gasteiger partial charge >= 0.3 is 0 Å². The highest BCUT2D eigenvalue weighted by atomic mass is 32.2. The molecule has 0 aliphatic rings. The van der Waals surface area contributed by atoms with E-state index in [-0.39, 0.29) is 17.3 Å². The third-order valence-electron chi connectivity index (χ3n) is 3.94. The minimum absolute atomic E-state index is 0.107. The zero-order valence-electron chi connectivity index (χ0n) is 16.2. The molecule has 2 aromatic rings. The van der Waals surface area contributed by atoms with Crippen LogP contribution in [0.2, 0.25) is 0 Å². The molecule has 152 valence electrons. The molecule has 0 unspecified atom stereocenters. The SMILES string of the molecule is CCNS(=O)(=O)c1ccc(C(=O)NCc2cc(OC)c(OC)c(OC)c2)cc1. The molecule has 0 fully saturated rings. The first kappa shape index (κ1) is 21.5. The summed E-state index contributed by atoms with van der Waals surface area (Å²) in [6.07, 6.45) is 0. The van der Waals surface area contributed by atoms with Gasteiger partial charge in [0.1, 0.15) is 0 Å². The van der Waals surface area contributed by atoms with Crippen molar-refractivity contribution in [3.05, 3.63) is 47.5 Å². The average Bonchev–Trinajstić information content (AvgIpc) is 2.71. The summed E-state index contributed by atoms with van der Waals surface area (Å²) in [5, 5.41) is 2.78. The van der Waals surface area contributed by atoms with Crippen LogP contribution >= 0.6 is 0 Å². The van der Waals surface area contributed by atoms with Gasteiger partial charge in [-0.05, 0) is 42.0 Å². The summed E-state index contributed by atoms with van der Waals surface area (Å²) in [5.74, 6) is 1.12. The van der Waals surface area contributed by atoms with E-state index in [0.29, 0.717) is 29.4 Å². The number of sulfonamides is 1. The minimum Gasteiger partial charge on any atom is -0.493 e. The van der Waals surface area contributed by atoms with Crippen LogP contribution < -0.4 is 24.2 Å². The number of ether oxygens (including phenoxy) is 3. The van der Waals surface area contributed by atoms with E-state index in [0.717, 1.165) is 5.56 Å². The van der Waals surface area contributed by atoms with Gasteiger partial charge in [-0.3, -0.25) is 4.79 Å². The molecule has 1 amide bonds. The fourth-order valence-corrected chi connectivity index (χ4v) is 3.62. The molecule has 0 aromatic heterocycles. The molecule has 0 heterocycles. The number of amides is 1. The number of carbonyl (C=O) groups is 1. The first-order valence-corrected chi connectivity index (χ1v) is 10.0. The molecule has 2 rings (SSSR count). The second kappa shape index (κ2) is 9.43. The Kier molecular flexibility index (Phi) is 7.24. The van der Waals surface area contributed by atoms with E-state index >= 15 is 0 Å². The summed E-state index contributed by atoms with van der Waals surface area (Å²) >= 11 is 0. The summed E-state index contributed by atoms with van der Waals surface area (Å²) in [6.45, 7) is 2.22. The molecule has 0 bridgehead atoms. The van der Waals surface area contributed by atoms with E-state index in [2.05, 4.69) is 10.0 Å². The number of carbonyl (C=O) groups excluding carboxylic acids is 1. The number of rotatable bonds is 9. The molecule has 0 radical (unpaired) electrons. The molecule has 2 aromatic carbocycles. The Hall–Kier alpha value is -2.78. The Labute approximate surface area is 164 Å². The summed E-state index contributed by atoms with van der Waals surface area (Å²) < 4.78 is 42.2. The minimum atomic E-state index is -3.55. The van der Waals surface area contributed by atoms with Crippen molar-refractivity contribution in [3.8, 4) is 17.2 Å². The number of nitrogens with one attached hydrogen (secondary N) is 2. The highest BCUT2D eigenvalue weighted by Crippen LogP contribution is 2.38. The molecule has 9 heteroatoms. The smallest absolute Gasteiger partial charge is 0.251 e. The maximum Gasteiger partial charge on any atom is 0.251 e. The molecule has 8 nitrogen and oxygen atoms in total. The van der Waals surface area contributed by atoms with Crippen LogP contribution in [0.1, 0.15) is 22.8 Å². The average molecular weight is 408 g/mol. The van der Waals surface area contributed by atoms with Gasteiger partial charge < -0.3 is 19.5 Å². The van der Waals surface area contributed by atoms with Gasteiger partial charge in [-0.25, -0.2) is 13.1 Å². The zero-order valence-corrected chi connectivity index (χ0v) is 17.1. The van der Waals surface area contributed by atoms with Gasteiger partial charge in [-0.15, -0.1) is 0 Å². The molecular weight excluding hydrogens is 384 g/mol. The van der Waals surface area contributed by atoms with Gasteiger partial charge in [-0.2, -0.15) is 0 Å². The number of hydrogen-bond donors (Lipinski definition) is 2. The van der Waals surface area contributed by atoms with Crippen molar-refractivity contribution in [3.63, 3.8) is 0 Å². The maximum absolute atomic E-state index is 12.4. The zero-order chi connectivity index (χ0) is 20.7. The predicted octanol–water partition coefficient (Wildman–Crippen LogP) is 1.94. The van der Waals surface area contributed by atoms with Crippen LogP contribution in [0.15, 0.2) is 41.3 Å². The Bertz CT molecular complexity index is 901. The van der Waals surface area contributed by atoms with Gasteiger partial charge in [-0.1, -0.05) is 6.92 Å². The number of methoxy groups -OCH3 is 3. The van der Waals surface area contributed by atoms with Crippen molar-refractivity contribution in [2.24, 2.45) is 0 Å². The van der Waals surface area contributed by atoms with Crippen LogP contribution in [0, 0.1) is 0 Å². The van der Waals surface area contributed by atoms with Gasteiger partial charge in [0.05, 0.1) is 26.2 Å². The van der Waals surface area contributed by atoms with Crippen molar-refractivity contribution in [1.29, 1.82) is 0 Å². The van der Waals surface area contributed by atoms with Gasteiger partial charge in [0.2, 0.25) is 15.8 Å². The van der Waals surface area contributed by atoms with E-state index in [1.807, 2.05) is 0 Å². The lowest BCUT2D eigenvalue weighted by Gasteiger charge is -2.14. The lowest BCUT2D eigenvalue weighted by atomic mass is 10.1. The predicted molar refractivity (Wildman–Crippen MR) is 105 cm³/mol. The molecule has 0 saturated carbocycles. The fraction of sp³-hybridized carbons (Fsp3) is 0.316. The van der Waals surface area contributed by atoms with E-state index in [1.165, 1.54) is 45.6 Å². The number of hydrogen-bond acceptors (Lipinski definition) is 6. The standard InChI is InChI=1S/C19H24N2O6S/c1-5-21-28(23,24)15-8-6-14(7-9-15)19(22)20-12-13-10-16(25-2)18(27-4)17(11-13)26-3/h6-11,21H,5,12H2,1-4H3,(H,20,22). The summed E-state index contributed by atoms with van der Waals surface area (Å²) in [7, 11) is 0.997. The molecule has 0 aliphatic carbocycles. The van der Waals surface area contributed by atoms with Gasteiger partial charge in [0.15, 0.2) is 11.5 Å². The highest BCUT2D eigenvalue weighted by Gasteiger charge is 2.15. The quantitative estimate of drug-likeness (QED) is 0.657. The molecular formula is C19H24N2O6S. The topological polar surface area (TPSA) is 103 Å². The van der Waals surface area contributed by atoms with Crippen LogP contribution in [0.25, 0.3) is 0 Å². The fourth-order valence-electron chi connectivity index (χ4n) is 2.58. The highest BCUT2D eigenvalue weighted by molar-refractivity contribution is 7.89. The monoisotopic (exact) mass is 408 g/mol. The Balaban J connectivity index is 2.12. The third kappa shape index (κ3) is 4.93. The Morgan fingerprint density at radius 2 is 1.54 bits per heavy atom. The molecule has 2 N–H and O–H groups in total. The van der Waals surface area contributed by atoms with Crippen LogP contribution in [0.3, 0.4) is 0 Å². The Morgan fingerprint density at radius 3 is 2.00 bits per heavy atom. The van der Waals surface area contributed by atoms with E-state index < -0.39 is 10.0 Å². The van der Waals surface area contributed by atoms with Crippen molar-refractivity contribution in [2.45, 2.75) is 18.4 Å². The van der Waals surface area contributed by atoms with Crippen molar-refractivity contribution < 1.29 is 27.4 Å². The molecule has 28 heavy (non-hydrogen) atoms. The van der Waals surface area contributed by atoms with Gasteiger partial charge in [0, 0.05) is 18.7 Å². The van der Waals surface area contributed by atoms with Crippen LogP contribution in [0.4, 0.5) is 0 Å². The van der Waals surface area contributed by atoms with Crippen LogP contribution in [-0.2, 0) is 16.6 Å². The molecule has 0 aliphatic heterocycles. The van der Waals surface area contributed by atoms with Crippen molar-refractivity contribution in [2.75, 3.05) is 27.9 Å². The first-order chi connectivity index (χ1) is 13.4. The van der Waals surface area contributed by atoms with Crippen molar-refractivity contribution in [1.82, 2.24) is 10.0 Å². The lowest BCUT2D eigenvalue weighted by molar-refractivity contribution is 0.0950. The largest absolute Gasteiger partial charge is 0.493 e. The lowest BCUT2D eigenvalue weighted by Crippen LogP contribution is -2.24. The van der Waals surface area contributed by atoms with Crippen LogP contribution in [-0.4, -0.2) is 42.2 Å². The van der Waals surface area contributed by atoms with Crippen molar-refractivity contribution >= 4 is 15.9 Å². The van der Waals surface area contributed by atoms with Gasteiger partial charge in [0.25, 0.3) is 5.91 Å². The van der Waals surface area contributed by atoms with E-state index in [9.17, 15) is 13.2 Å². The van der Waals surface area contributed by atoms with Crippen LogP contribution in [0.5, 0.6) is 17.2 Å². The molecule has 0 spiro atoms. The first-order valence-electron chi connectivity index (χ1n) is 8.53. The molecule has 0 atom stereocenters. The second-order valence-corrected chi connectivity index (χ2v) is 7.51. The number of benzene rings is 2. The maximum atomic E-state index is 12.4. The van der Waals surface area contributed by atoms with E-state index in [1.54, 1.807) is 19.1 Å². The summed E-state index contributed by atoms with van der Waals surface area (Å²) in [4.78, 5) is 12.5. The van der Waals surface area contributed by atoms with E-state index in [4.69, 9.17) is 14.2 Å². The summed E-state index contributed by atoms with van der Waals surface area (Å²) in [6, 6.07) is 9.21. The Morgan fingerprint density at radius 1 is 0.964 bits per heavy atom.